The first-order chi connectivity index (χ1) is 16.5. The Morgan fingerprint density at radius 2 is 1.66 bits per heavy atom. The third-order valence-corrected chi connectivity index (χ3v) is 5.65. The lowest BCUT2D eigenvalue weighted by Gasteiger charge is -2.16. The summed E-state index contributed by atoms with van der Waals surface area (Å²) in [4.78, 5) is 8.82. The van der Waals surface area contributed by atoms with Gasteiger partial charge in [-0.2, -0.15) is 18.2 Å². The highest BCUT2D eigenvalue weighted by molar-refractivity contribution is 6.33. The van der Waals surface area contributed by atoms with Crippen LogP contribution in [0.1, 0.15) is 31.2 Å². The molecule has 0 aliphatic heterocycles. The summed E-state index contributed by atoms with van der Waals surface area (Å²) >= 11 is 6.06. The zero-order valence-corrected chi connectivity index (χ0v) is 18.7. The van der Waals surface area contributed by atoms with E-state index in [0.29, 0.717) is 5.56 Å². The van der Waals surface area contributed by atoms with Crippen molar-refractivity contribution in [3.63, 3.8) is 0 Å². The van der Waals surface area contributed by atoms with Gasteiger partial charge >= 0.3 is 12.5 Å². The van der Waals surface area contributed by atoms with Crippen LogP contribution >= 0.6 is 11.6 Å². The number of hydrogen-bond donors (Lipinski definition) is 2. The average molecular weight is 517 g/mol. The number of rotatable bonds is 6. The lowest BCUT2D eigenvalue weighted by atomic mass is 10.1. The fourth-order valence-electron chi connectivity index (χ4n) is 3.76. The van der Waals surface area contributed by atoms with E-state index in [1.165, 1.54) is 24.3 Å². The quantitative estimate of drug-likeness (QED) is 0.327. The van der Waals surface area contributed by atoms with Crippen molar-refractivity contribution in [3.8, 4) is 17.0 Å². The summed E-state index contributed by atoms with van der Waals surface area (Å²) in [6, 6.07) is 9.74. The van der Waals surface area contributed by atoms with E-state index >= 15 is 0 Å². The minimum absolute atomic E-state index is 0.132. The number of hydrogen-bond acceptors (Lipinski definition) is 5. The lowest BCUT2D eigenvalue weighted by Crippen LogP contribution is -2.17. The van der Waals surface area contributed by atoms with E-state index in [0.717, 1.165) is 43.9 Å². The van der Waals surface area contributed by atoms with Gasteiger partial charge in [-0.1, -0.05) is 36.6 Å². The predicted molar refractivity (Wildman–Crippen MR) is 120 cm³/mol. The fourth-order valence-corrected chi connectivity index (χ4v) is 3.99. The summed E-state index contributed by atoms with van der Waals surface area (Å²) in [7, 11) is 0. The molecule has 1 aliphatic rings. The van der Waals surface area contributed by atoms with Crippen LogP contribution in [0.15, 0.2) is 48.5 Å². The topological polar surface area (TPSA) is 59.1 Å². The number of nitrogens with one attached hydrogen (secondary N) is 2. The largest absolute Gasteiger partial charge is 0.573 e. The van der Waals surface area contributed by atoms with Gasteiger partial charge in [0.05, 0.1) is 22.0 Å². The van der Waals surface area contributed by atoms with Crippen LogP contribution in [0.3, 0.4) is 0 Å². The first-order valence-corrected chi connectivity index (χ1v) is 11.0. The molecule has 5 nitrogen and oxygen atoms in total. The Kier molecular flexibility index (Phi) is 6.98. The molecule has 186 valence electrons. The smallest absolute Gasteiger partial charge is 0.406 e. The third kappa shape index (κ3) is 6.68. The van der Waals surface area contributed by atoms with Crippen molar-refractivity contribution >= 4 is 29.1 Å². The Hall–Kier alpha value is -3.21. The number of anilines is 3. The van der Waals surface area contributed by atoms with Gasteiger partial charge < -0.3 is 15.4 Å². The minimum atomic E-state index is -4.86. The lowest BCUT2D eigenvalue weighted by molar-refractivity contribution is -0.274. The molecule has 4 rings (SSSR count). The van der Waals surface area contributed by atoms with Gasteiger partial charge in [0.2, 0.25) is 5.95 Å². The first kappa shape index (κ1) is 24.9. The number of alkyl halides is 6. The van der Waals surface area contributed by atoms with Crippen LogP contribution in [-0.4, -0.2) is 22.4 Å². The summed E-state index contributed by atoms with van der Waals surface area (Å²) in [5, 5.41) is 5.92. The van der Waals surface area contributed by atoms with E-state index in [2.05, 4.69) is 25.3 Å². The van der Waals surface area contributed by atoms with E-state index in [-0.39, 0.29) is 34.2 Å². The van der Waals surface area contributed by atoms with Crippen molar-refractivity contribution in [1.82, 2.24) is 9.97 Å². The highest BCUT2D eigenvalue weighted by atomic mass is 35.5. The van der Waals surface area contributed by atoms with E-state index in [9.17, 15) is 26.3 Å². The molecule has 0 unspecified atom stereocenters. The van der Waals surface area contributed by atoms with Gasteiger partial charge in [0.15, 0.2) is 0 Å². The molecule has 3 aromatic rings. The van der Waals surface area contributed by atoms with Crippen LogP contribution in [0.4, 0.5) is 43.8 Å². The summed E-state index contributed by atoms with van der Waals surface area (Å²) in [6.45, 7) is 0. The molecule has 2 aromatic carbocycles. The molecule has 0 spiro atoms. The van der Waals surface area contributed by atoms with Crippen molar-refractivity contribution < 1.29 is 31.1 Å². The molecular weight excluding hydrogens is 498 g/mol. The predicted octanol–water partition coefficient (Wildman–Crippen LogP) is 7.81. The van der Waals surface area contributed by atoms with Crippen LogP contribution in [0.5, 0.6) is 5.75 Å². The Morgan fingerprint density at radius 1 is 0.914 bits per heavy atom. The number of ether oxygens (including phenoxy) is 1. The van der Waals surface area contributed by atoms with Crippen molar-refractivity contribution in [3.05, 3.63) is 59.1 Å². The third-order valence-electron chi connectivity index (χ3n) is 5.34. The molecule has 1 saturated carbocycles. The second kappa shape index (κ2) is 9.80. The highest BCUT2D eigenvalue weighted by Gasteiger charge is 2.32. The zero-order chi connectivity index (χ0) is 25.2. The van der Waals surface area contributed by atoms with E-state index < -0.39 is 23.9 Å². The summed E-state index contributed by atoms with van der Waals surface area (Å²) in [5.41, 5.74) is -0.129. The molecule has 35 heavy (non-hydrogen) atoms. The first-order valence-electron chi connectivity index (χ1n) is 10.6. The van der Waals surface area contributed by atoms with Crippen LogP contribution in [0, 0.1) is 0 Å². The monoisotopic (exact) mass is 516 g/mol. The maximum absolute atomic E-state index is 13.0. The second-order valence-electron chi connectivity index (χ2n) is 7.98. The molecule has 1 aliphatic carbocycles. The number of halogens is 7. The normalized spacial score (nSPS) is 14.7. The molecule has 0 saturated heterocycles. The number of nitrogens with zero attached hydrogens (tertiary/aromatic N) is 2. The molecule has 1 fully saturated rings. The maximum atomic E-state index is 13.0. The van der Waals surface area contributed by atoms with Crippen molar-refractivity contribution in [2.45, 2.75) is 44.3 Å². The average Bonchev–Trinajstić information content (AvgIpc) is 3.26. The van der Waals surface area contributed by atoms with Crippen molar-refractivity contribution in [2.75, 3.05) is 10.6 Å². The molecule has 2 N–H and O–H groups in total. The van der Waals surface area contributed by atoms with E-state index in [1.807, 2.05) is 0 Å². The Morgan fingerprint density at radius 3 is 2.31 bits per heavy atom. The molecule has 1 aromatic heterocycles. The minimum Gasteiger partial charge on any atom is -0.406 e. The molecule has 0 amide bonds. The van der Waals surface area contributed by atoms with Gasteiger partial charge in [-0.15, -0.1) is 13.2 Å². The Bertz CT molecular complexity index is 1200. The fraction of sp³-hybridized carbons (Fsp3) is 0.304. The molecular formula is C23H19ClF6N4O. The summed E-state index contributed by atoms with van der Waals surface area (Å²) in [5.74, 6) is 0.000540. The highest BCUT2D eigenvalue weighted by Crippen LogP contribution is 2.35. The SMILES string of the molecule is FC(F)(F)Oc1cccc(-c2cc(Nc3ccc(C(F)(F)F)cc3Cl)nc(NC3CCCC3)n2)c1. The Balaban J connectivity index is 1.68. The standard InChI is InChI=1S/C23H19ClF6N4O/c24-17-11-14(22(25,26)27)8-9-18(17)32-20-12-19(33-21(34-20)31-15-5-1-2-6-15)13-4-3-7-16(10-13)35-23(28,29)30/h3-4,7-12,15H,1-2,5-6H2,(H2,31,32,33,34). The van der Waals surface area contributed by atoms with Crippen LogP contribution in [-0.2, 0) is 6.18 Å². The Labute approximate surface area is 201 Å². The number of benzene rings is 2. The molecule has 0 bridgehead atoms. The molecule has 1 heterocycles. The van der Waals surface area contributed by atoms with Crippen LogP contribution in [0.25, 0.3) is 11.3 Å². The van der Waals surface area contributed by atoms with Gasteiger partial charge in [-0.05, 0) is 43.2 Å². The van der Waals surface area contributed by atoms with Crippen molar-refractivity contribution in [1.29, 1.82) is 0 Å². The summed E-state index contributed by atoms with van der Waals surface area (Å²) in [6.07, 6.45) is -5.50. The molecule has 0 radical (unpaired) electrons. The van der Waals surface area contributed by atoms with Gasteiger partial charge in [-0.3, -0.25) is 0 Å². The molecule has 0 atom stereocenters. The van der Waals surface area contributed by atoms with Crippen LogP contribution < -0.4 is 15.4 Å². The summed E-state index contributed by atoms with van der Waals surface area (Å²) < 4.78 is 80.9. The maximum Gasteiger partial charge on any atom is 0.573 e. The van der Waals surface area contributed by atoms with Gasteiger partial charge in [0, 0.05) is 17.7 Å². The van der Waals surface area contributed by atoms with Crippen LogP contribution in [0.2, 0.25) is 5.02 Å². The van der Waals surface area contributed by atoms with Gasteiger partial charge in [-0.25, -0.2) is 4.98 Å². The van der Waals surface area contributed by atoms with E-state index in [4.69, 9.17) is 11.6 Å². The van der Waals surface area contributed by atoms with Gasteiger partial charge in [0.1, 0.15) is 11.6 Å². The molecule has 12 heteroatoms. The van der Waals surface area contributed by atoms with E-state index in [1.54, 1.807) is 6.07 Å². The zero-order valence-electron chi connectivity index (χ0n) is 18.0. The second-order valence-corrected chi connectivity index (χ2v) is 8.39. The van der Waals surface area contributed by atoms with Crippen molar-refractivity contribution in [2.24, 2.45) is 0 Å². The van der Waals surface area contributed by atoms with Gasteiger partial charge in [0.25, 0.3) is 0 Å². The number of aromatic nitrogens is 2.